The molecule has 0 bridgehead atoms. The fraction of sp³-hybridized carbons (Fsp3) is 0. The van der Waals surface area contributed by atoms with E-state index in [1.165, 1.54) is 31.3 Å². The fourth-order valence-electron chi connectivity index (χ4n) is 2.68. The van der Waals surface area contributed by atoms with Crippen LogP contribution in [0.5, 0.6) is 0 Å². The molecule has 0 aliphatic carbocycles. The topological polar surface area (TPSA) is 0 Å². The number of thiophene rings is 1. The molecule has 0 nitrogen and oxygen atoms in total. The van der Waals surface area contributed by atoms with Crippen LogP contribution in [0.2, 0.25) is 0 Å². The Hall–Kier alpha value is -1.64. The van der Waals surface area contributed by atoms with Crippen LogP contribution in [0.1, 0.15) is 0 Å². The largest absolute Gasteiger partial charge is 0.135 e. The van der Waals surface area contributed by atoms with Gasteiger partial charge in [-0.15, -0.1) is 11.3 Å². The van der Waals surface area contributed by atoms with E-state index in [-0.39, 0.29) is 0 Å². The number of benzene rings is 3. The van der Waals surface area contributed by atoms with Crippen molar-refractivity contribution in [2.75, 3.05) is 0 Å². The monoisotopic (exact) mass is 338 g/mol. The molecule has 0 aliphatic rings. The molecule has 0 unspecified atom stereocenters. The highest BCUT2D eigenvalue weighted by molar-refractivity contribution is 9.10. The highest BCUT2D eigenvalue weighted by atomic mass is 79.9. The molecule has 1 heterocycles. The van der Waals surface area contributed by atoms with Gasteiger partial charge in [0.1, 0.15) is 0 Å². The smallest absolute Gasteiger partial charge is 0.0361 e. The minimum atomic E-state index is 1.14. The molecule has 0 fully saturated rings. The van der Waals surface area contributed by atoms with E-state index >= 15 is 0 Å². The van der Waals surface area contributed by atoms with Crippen LogP contribution in [-0.4, -0.2) is 0 Å². The Labute approximate surface area is 129 Å². The Morgan fingerprint density at radius 2 is 1.35 bits per heavy atom. The van der Waals surface area contributed by atoms with Crippen molar-refractivity contribution < 1.29 is 0 Å². The molecule has 0 aliphatic heterocycles. The Morgan fingerprint density at radius 3 is 2.25 bits per heavy atom. The Kier molecular flexibility index (Phi) is 2.86. The first-order chi connectivity index (χ1) is 9.84. The normalized spacial score (nSPS) is 11.2. The zero-order valence-corrected chi connectivity index (χ0v) is 13.0. The van der Waals surface area contributed by atoms with Crippen LogP contribution in [0.15, 0.2) is 71.2 Å². The van der Waals surface area contributed by atoms with Gasteiger partial charge >= 0.3 is 0 Å². The summed E-state index contributed by atoms with van der Waals surface area (Å²) < 4.78 is 3.84. The Balaban J connectivity index is 2.17. The van der Waals surface area contributed by atoms with E-state index in [2.05, 4.69) is 82.7 Å². The summed E-state index contributed by atoms with van der Waals surface area (Å²) in [4.78, 5) is 0. The van der Waals surface area contributed by atoms with E-state index < -0.39 is 0 Å². The molecule has 0 N–H and O–H groups in total. The van der Waals surface area contributed by atoms with Crippen molar-refractivity contribution >= 4 is 47.4 Å². The van der Waals surface area contributed by atoms with Gasteiger partial charge < -0.3 is 0 Å². The number of rotatable bonds is 1. The Bertz CT molecular complexity index is 921. The minimum Gasteiger partial charge on any atom is -0.135 e. The SMILES string of the molecule is Brc1ccccc1-c1cccc2sc3ccccc3c12. The summed E-state index contributed by atoms with van der Waals surface area (Å²) in [6.45, 7) is 0. The van der Waals surface area contributed by atoms with Gasteiger partial charge in [0.25, 0.3) is 0 Å². The van der Waals surface area contributed by atoms with E-state index in [0.717, 1.165) is 4.47 Å². The van der Waals surface area contributed by atoms with Crippen molar-refractivity contribution in [1.29, 1.82) is 0 Å². The summed E-state index contributed by atoms with van der Waals surface area (Å²) in [5, 5.41) is 2.71. The predicted molar refractivity (Wildman–Crippen MR) is 92.5 cm³/mol. The molecule has 20 heavy (non-hydrogen) atoms. The van der Waals surface area contributed by atoms with E-state index in [9.17, 15) is 0 Å². The summed E-state index contributed by atoms with van der Waals surface area (Å²) >= 11 is 5.54. The van der Waals surface area contributed by atoms with Crippen molar-refractivity contribution in [2.45, 2.75) is 0 Å². The molecule has 1 aromatic heterocycles. The van der Waals surface area contributed by atoms with Crippen LogP contribution in [0.3, 0.4) is 0 Å². The lowest BCUT2D eigenvalue weighted by Gasteiger charge is -2.07. The molecule has 2 heteroatoms. The predicted octanol–water partition coefficient (Wildman–Crippen LogP) is 6.48. The number of hydrogen-bond donors (Lipinski definition) is 0. The van der Waals surface area contributed by atoms with E-state index in [1.54, 1.807) is 0 Å². The highest BCUT2D eigenvalue weighted by Crippen LogP contribution is 2.41. The second kappa shape index (κ2) is 4.72. The zero-order valence-electron chi connectivity index (χ0n) is 10.6. The molecule has 0 radical (unpaired) electrons. The Morgan fingerprint density at radius 1 is 0.650 bits per heavy atom. The van der Waals surface area contributed by atoms with E-state index in [4.69, 9.17) is 0 Å². The second-order valence-corrected chi connectivity index (χ2v) is 6.69. The lowest BCUT2D eigenvalue weighted by Crippen LogP contribution is -1.80. The van der Waals surface area contributed by atoms with Gasteiger partial charge in [-0.25, -0.2) is 0 Å². The van der Waals surface area contributed by atoms with Gasteiger partial charge in [0.15, 0.2) is 0 Å². The highest BCUT2D eigenvalue weighted by Gasteiger charge is 2.11. The maximum absolute atomic E-state index is 3.67. The quantitative estimate of drug-likeness (QED) is 0.372. The van der Waals surface area contributed by atoms with Crippen LogP contribution in [-0.2, 0) is 0 Å². The van der Waals surface area contributed by atoms with Crippen molar-refractivity contribution in [3.8, 4) is 11.1 Å². The molecule has 0 saturated carbocycles. The summed E-state index contributed by atoms with van der Waals surface area (Å²) in [7, 11) is 0. The average Bonchev–Trinajstić information content (AvgIpc) is 2.86. The molecular formula is C18H11BrS. The van der Waals surface area contributed by atoms with Crippen molar-refractivity contribution in [3.05, 3.63) is 71.2 Å². The average molecular weight is 339 g/mol. The van der Waals surface area contributed by atoms with Gasteiger partial charge in [-0.2, -0.15) is 0 Å². The molecule has 0 spiro atoms. The third-order valence-corrected chi connectivity index (χ3v) is 5.39. The van der Waals surface area contributed by atoms with Crippen LogP contribution in [0.4, 0.5) is 0 Å². The van der Waals surface area contributed by atoms with Crippen molar-refractivity contribution in [1.82, 2.24) is 0 Å². The van der Waals surface area contributed by atoms with Crippen LogP contribution >= 0.6 is 27.3 Å². The van der Waals surface area contributed by atoms with Crippen molar-refractivity contribution in [2.24, 2.45) is 0 Å². The second-order valence-electron chi connectivity index (χ2n) is 4.76. The van der Waals surface area contributed by atoms with Crippen LogP contribution < -0.4 is 0 Å². The van der Waals surface area contributed by atoms with E-state index in [1.807, 2.05) is 11.3 Å². The van der Waals surface area contributed by atoms with Gasteiger partial charge in [0.2, 0.25) is 0 Å². The van der Waals surface area contributed by atoms with Gasteiger partial charge in [-0.05, 0) is 29.3 Å². The molecule has 0 saturated heterocycles. The first-order valence-corrected chi connectivity index (χ1v) is 8.11. The van der Waals surface area contributed by atoms with E-state index in [0.29, 0.717) is 0 Å². The van der Waals surface area contributed by atoms with Crippen LogP contribution in [0.25, 0.3) is 31.3 Å². The van der Waals surface area contributed by atoms with Gasteiger partial charge in [-0.1, -0.05) is 64.5 Å². The number of hydrogen-bond acceptors (Lipinski definition) is 1. The molecule has 4 aromatic rings. The summed E-state index contributed by atoms with van der Waals surface area (Å²) in [5.41, 5.74) is 2.55. The summed E-state index contributed by atoms with van der Waals surface area (Å²) in [5.74, 6) is 0. The third kappa shape index (κ3) is 1.80. The van der Waals surface area contributed by atoms with Gasteiger partial charge in [0, 0.05) is 24.6 Å². The number of fused-ring (bicyclic) bond motifs is 3. The summed E-state index contributed by atoms with van der Waals surface area (Å²) in [6.07, 6.45) is 0. The molecule has 0 amide bonds. The number of halogens is 1. The fourth-order valence-corrected chi connectivity index (χ4v) is 4.31. The molecule has 0 atom stereocenters. The molecular weight excluding hydrogens is 328 g/mol. The van der Waals surface area contributed by atoms with Crippen LogP contribution in [0, 0.1) is 0 Å². The zero-order chi connectivity index (χ0) is 13.5. The molecule has 3 aromatic carbocycles. The first-order valence-electron chi connectivity index (χ1n) is 6.50. The standard InChI is InChI=1S/C18H11BrS/c19-15-9-3-1-6-12(15)13-8-5-11-17-18(13)14-7-2-4-10-16(14)20-17/h1-11H. The molecule has 96 valence electrons. The maximum Gasteiger partial charge on any atom is 0.0361 e. The van der Waals surface area contributed by atoms with Gasteiger partial charge in [0.05, 0.1) is 0 Å². The molecule has 4 rings (SSSR count). The minimum absolute atomic E-state index is 1.14. The lowest BCUT2D eigenvalue weighted by molar-refractivity contribution is 1.62. The maximum atomic E-state index is 3.67. The van der Waals surface area contributed by atoms with Crippen molar-refractivity contribution in [3.63, 3.8) is 0 Å². The first kappa shape index (κ1) is 12.1. The lowest BCUT2D eigenvalue weighted by atomic mass is 10.00. The third-order valence-electron chi connectivity index (χ3n) is 3.57. The van der Waals surface area contributed by atoms with Gasteiger partial charge in [-0.3, -0.25) is 0 Å². The summed E-state index contributed by atoms with van der Waals surface area (Å²) in [6, 6.07) is 23.6.